The maximum Gasteiger partial charge on any atom is 0.410 e. The zero-order valence-corrected chi connectivity index (χ0v) is 24.5. The quantitative estimate of drug-likeness (QED) is 0.353. The van der Waals surface area contributed by atoms with Crippen LogP contribution in [-0.4, -0.2) is 113 Å². The molecule has 10 nitrogen and oxygen atoms in total. The second-order valence-corrected chi connectivity index (χ2v) is 10.7. The number of hydrogen-bond acceptors (Lipinski definition) is 9. The van der Waals surface area contributed by atoms with Gasteiger partial charge in [-0.25, -0.2) is 9.59 Å². The molecule has 0 spiro atoms. The van der Waals surface area contributed by atoms with Gasteiger partial charge in [0.1, 0.15) is 23.1 Å². The second kappa shape index (κ2) is 14.0. The first-order valence-electron chi connectivity index (χ1n) is 12.9. The Balaban J connectivity index is 2.33. The van der Waals surface area contributed by atoms with E-state index in [2.05, 4.69) is 4.90 Å². The van der Waals surface area contributed by atoms with Gasteiger partial charge in [0.2, 0.25) is 0 Å². The highest BCUT2D eigenvalue weighted by atomic mass is 32.2. The smallest absolute Gasteiger partial charge is 0.410 e. The molecule has 0 aromatic rings. The van der Waals surface area contributed by atoms with Crippen molar-refractivity contribution in [3.63, 3.8) is 0 Å². The summed E-state index contributed by atoms with van der Waals surface area (Å²) in [5.74, 6) is -0.821. The van der Waals surface area contributed by atoms with Gasteiger partial charge in [-0.05, 0) is 55.4 Å². The highest BCUT2D eigenvalue weighted by Crippen LogP contribution is 2.44. The van der Waals surface area contributed by atoms with Crippen molar-refractivity contribution in [2.24, 2.45) is 0 Å². The standard InChI is InChI=1S/C24H43N3O7S2/c1-9-25(10-2)21(28)30-15-16(31-22(29)26(11-3)12-4)17-19(36-23(35)27(13-5)14-6)18-20(32-17)34-24(7,8)33-18/h16-20H,9-15H2,1-8H3/t16-,17-,18-,19+,20-/m1/s1. The second-order valence-electron chi connectivity index (χ2n) is 8.93. The van der Waals surface area contributed by atoms with Crippen LogP contribution < -0.4 is 0 Å². The maximum absolute atomic E-state index is 12.9. The number of hydrogen-bond donors (Lipinski definition) is 0. The van der Waals surface area contributed by atoms with Crippen molar-refractivity contribution in [3.8, 4) is 0 Å². The fourth-order valence-corrected chi connectivity index (χ4v) is 6.14. The lowest BCUT2D eigenvalue weighted by Gasteiger charge is -2.33. The minimum atomic E-state index is -0.879. The Kier molecular flexibility index (Phi) is 12.0. The molecule has 2 rings (SSSR count). The van der Waals surface area contributed by atoms with Gasteiger partial charge in [0.15, 0.2) is 18.2 Å². The number of thioether (sulfide) groups is 1. The average molecular weight is 550 g/mol. The van der Waals surface area contributed by atoms with E-state index in [-0.39, 0.29) is 11.9 Å². The van der Waals surface area contributed by atoms with Gasteiger partial charge in [0.25, 0.3) is 0 Å². The summed E-state index contributed by atoms with van der Waals surface area (Å²) in [6.45, 7) is 18.6. The number of carbonyl (C=O) groups is 2. The Bertz CT molecular complexity index is 745. The molecular weight excluding hydrogens is 506 g/mol. The maximum atomic E-state index is 12.9. The third-order valence-electron chi connectivity index (χ3n) is 6.32. The fourth-order valence-electron chi connectivity index (χ4n) is 4.22. The molecule has 12 heteroatoms. The Morgan fingerprint density at radius 3 is 1.94 bits per heavy atom. The minimum absolute atomic E-state index is 0.162. The van der Waals surface area contributed by atoms with Gasteiger partial charge in [-0.3, -0.25) is 0 Å². The minimum Gasteiger partial charge on any atom is -0.445 e. The summed E-state index contributed by atoms with van der Waals surface area (Å²) in [5.41, 5.74) is 0. The first-order valence-corrected chi connectivity index (χ1v) is 14.2. The van der Waals surface area contributed by atoms with Crippen LogP contribution in [0.15, 0.2) is 0 Å². The molecule has 0 aromatic carbocycles. The molecular formula is C24H43N3O7S2. The summed E-state index contributed by atoms with van der Waals surface area (Å²) in [5, 5.41) is -0.341. The van der Waals surface area contributed by atoms with Gasteiger partial charge in [0.05, 0.1) is 5.25 Å². The molecule has 0 aromatic heterocycles. The molecule has 208 valence electrons. The Morgan fingerprint density at radius 2 is 1.42 bits per heavy atom. The van der Waals surface area contributed by atoms with Crippen molar-refractivity contribution < 1.29 is 33.3 Å². The fraction of sp³-hybridized carbons (Fsp3) is 0.875. The molecule has 0 radical (unpaired) electrons. The van der Waals surface area contributed by atoms with Crippen molar-refractivity contribution in [2.45, 2.75) is 91.0 Å². The van der Waals surface area contributed by atoms with E-state index in [1.165, 1.54) is 11.8 Å². The summed E-state index contributed by atoms with van der Waals surface area (Å²) in [7, 11) is 0. The molecule has 2 aliphatic heterocycles. The van der Waals surface area contributed by atoms with E-state index < -0.39 is 42.6 Å². The number of carbonyl (C=O) groups excluding carboxylic acids is 2. The van der Waals surface area contributed by atoms with Crippen LogP contribution >= 0.6 is 24.0 Å². The molecule has 36 heavy (non-hydrogen) atoms. The van der Waals surface area contributed by atoms with Gasteiger partial charge >= 0.3 is 12.2 Å². The number of rotatable bonds is 11. The number of fused-ring (bicyclic) bond motifs is 1. The number of ether oxygens (including phenoxy) is 5. The molecule has 2 fully saturated rings. The molecule has 2 amide bonds. The predicted octanol–water partition coefficient (Wildman–Crippen LogP) is 3.92. The van der Waals surface area contributed by atoms with Crippen molar-refractivity contribution in [1.29, 1.82) is 0 Å². The molecule has 0 N–H and O–H groups in total. The van der Waals surface area contributed by atoms with Crippen molar-refractivity contribution in [2.75, 3.05) is 45.9 Å². The Hall–Kier alpha value is -1.34. The van der Waals surface area contributed by atoms with E-state index in [0.29, 0.717) is 30.5 Å². The first kappa shape index (κ1) is 30.9. The van der Waals surface area contributed by atoms with Gasteiger partial charge in [-0.2, -0.15) is 0 Å². The van der Waals surface area contributed by atoms with Gasteiger partial charge in [-0.1, -0.05) is 24.0 Å². The van der Waals surface area contributed by atoms with E-state index >= 15 is 0 Å². The van der Waals surface area contributed by atoms with Crippen LogP contribution in [0.25, 0.3) is 0 Å². The normalized spacial score (nSPS) is 25.1. The molecule has 5 atom stereocenters. The topological polar surface area (TPSA) is 90.0 Å². The first-order chi connectivity index (χ1) is 17.0. The highest BCUT2D eigenvalue weighted by molar-refractivity contribution is 8.23. The number of thiocarbonyl (C=S) groups is 1. The summed E-state index contributed by atoms with van der Waals surface area (Å²) >= 11 is 7.18. The van der Waals surface area contributed by atoms with Crippen LogP contribution in [0, 0.1) is 0 Å². The van der Waals surface area contributed by atoms with E-state index in [1.807, 2.05) is 55.4 Å². The summed E-state index contributed by atoms with van der Waals surface area (Å²) < 4.78 is 30.7. The number of nitrogens with zero attached hydrogens (tertiary/aromatic N) is 3. The predicted molar refractivity (Wildman–Crippen MR) is 143 cm³/mol. The molecule has 0 saturated carbocycles. The van der Waals surface area contributed by atoms with Gasteiger partial charge < -0.3 is 38.4 Å². The third-order valence-corrected chi connectivity index (χ3v) is 8.13. The lowest BCUT2D eigenvalue weighted by molar-refractivity contribution is -0.215. The van der Waals surface area contributed by atoms with Crippen molar-refractivity contribution >= 4 is 40.5 Å². The Labute approximate surface area is 225 Å². The van der Waals surface area contributed by atoms with Crippen LogP contribution in [0.2, 0.25) is 0 Å². The Morgan fingerprint density at radius 1 is 0.889 bits per heavy atom. The van der Waals surface area contributed by atoms with Crippen LogP contribution in [0.1, 0.15) is 55.4 Å². The summed E-state index contributed by atoms with van der Waals surface area (Å²) in [6.07, 6.45) is -3.61. The zero-order chi connectivity index (χ0) is 27.0. The zero-order valence-electron chi connectivity index (χ0n) is 22.9. The van der Waals surface area contributed by atoms with E-state index in [4.69, 9.17) is 35.9 Å². The van der Waals surface area contributed by atoms with E-state index in [9.17, 15) is 9.59 Å². The molecule has 0 bridgehead atoms. The summed E-state index contributed by atoms with van der Waals surface area (Å²) in [6, 6.07) is 0. The van der Waals surface area contributed by atoms with Gasteiger partial charge in [-0.15, -0.1) is 0 Å². The monoisotopic (exact) mass is 549 g/mol. The SMILES string of the molecule is CCN(CC)C(=O)OC[C@@H](OC(=O)N(CC)CC)[C@H]1O[C@@H]2OC(C)(C)O[C@@H]2[C@H]1SC(=S)N(CC)CC. The van der Waals surface area contributed by atoms with E-state index in [1.54, 1.807) is 9.80 Å². The lowest BCUT2D eigenvalue weighted by atomic mass is 10.1. The van der Waals surface area contributed by atoms with Crippen molar-refractivity contribution in [1.82, 2.24) is 14.7 Å². The molecule has 2 saturated heterocycles. The molecule has 0 aliphatic carbocycles. The van der Waals surface area contributed by atoms with Crippen LogP contribution in [0.5, 0.6) is 0 Å². The largest absolute Gasteiger partial charge is 0.445 e. The van der Waals surface area contributed by atoms with Crippen LogP contribution in [0.4, 0.5) is 9.59 Å². The van der Waals surface area contributed by atoms with E-state index in [0.717, 1.165) is 13.1 Å². The number of amides is 2. The van der Waals surface area contributed by atoms with Crippen molar-refractivity contribution in [3.05, 3.63) is 0 Å². The molecule has 0 unspecified atom stereocenters. The highest BCUT2D eigenvalue weighted by Gasteiger charge is 2.58. The molecule has 2 heterocycles. The molecule has 2 aliphatic rings. The average Bonchev–Trinajstić information content (AvgIpc) is 3.31. The van der Waals surface area contributed by atoms with Gasteiger partial charge in [0, 0.05) is 39.3 Å². The lowest BCUT2D eigenvalue weighted by Crippen LogP contribution is -2.47. The summed E-state index contributed by atoms with van der Waals surface area (Å²) in [4.78, 5) is 30.7. The third kappa shape index (κ3) is 7.59. The van der Waals surface area contributed by atoms with Crippen LogP contribution in [0.3, 0.4) is 0 Å². The van der Waals surface area contributed by atoms with Crippen LogP contribution in [-0.2, 0) is 23.7 Å².